The maximum Gasteiger partial charge on any atom is 0.242 e. The van der Waals surface area contributed by atoms with Crippen LogP contribution in [0, 0.1) is 16.7 Å². The van der Waals surface area contributed by atoms with Gasteiger partial charge in [0.15, 0.2) is 0 Å². The molecular formula is C12H19N3O2. The van der Waals surface area contributed by atoms with Crippen LogP contribution in [-0.4, -0.2) is 47.8 Å². The SMILES string of the molecule is CCN1CC(=O)N(CCC(C)(C)C#N)CC1=O. The van der Waals surface area contributed by atoms with Gasteiger partial charge < -0.3 is 9.80 Å². The van der Waals surface area contributed by atoms with Gasteiger partial charge in [0.05, 0.1) is 24.6 Å². The third-order valence-corrected chi connectivity index (χ3v) is 3.05. The van der Waals surface area contributed by atoms with Crippen LogP contribution in [0.15, 0.2) is 0 Å². The number of nitriles is 1. The summed E-state index contributed by atoms with van der Waals surface area (Å²) < 4.78 is 0. The van der Waals surface area contributed by atoms with Crippen LogP contribution in [0.25, 0.3) is 0 Å². The van der Waals surface area contributed by atoms with Crippen LogP contribution < -0.4 is 0 Å². The van der Waals surface area contributed by atoms with Crippen LogP contribution in [0.1, 0.15) is 27.2 Å². The van der Waals surface area contributed by atoms with Crippen molar-refractivity contribution < 1.29 is 9.59 Å². The first kappa shape index (κ1) is 13.5. The number of piperazine rings is 1. The first-order valence-corrected chi connectivity index (χ1v) is 5.86. The van der Waals surface area contributed by atoms with E-state index in [0.29, 0.717) is 19.5 Å². The molecule has 5 heteroatoms. The Morgan fingerprint density at radius 2 is 1.76 bits per heavy atom. The Morgan fingerprint density at radius 1 is 1.24 bits per heavy atom. The molecule has 2 amide bonds. The fraction of sp³-hybridized carbons (Fsp3) is 0.750. The summed E-state index contributed by atoms with van der Waals surface area (Å²) in [5, 5.41) is 8.89. The molecule has 5 nitrogen and oxygen atoms in total. The van der Waals surface area contributed by atoms with Crippen molar-refractivity contribution in [2.45, 2.75) is 27.2 Å². The number of nitrogens with zero attached hydrogens (tertiary/aromatic N) is 3. The number of rotatable bonds is 4. The lowest BCUT2D eigenvalue weighted by Crippen LogP contribution is -2.54. The summed E-state index contributed by atoms with van der Waals surface area (Å²) in [6.07, 6.45) is 0.592. The largest absolute Gasteiger partial charge is 0.332 e. The van der Waals surface area contributed by atoms with Gasteiger partial charge >= 0.3 is 0 Å². The minimum Gasteiger partial charge on any atom is -0.332 e. The van der Waals surface area contributed by atoms with Gasteiger partial charge in [0, 0.05) is 13.1 Å². The lowest BCUT2D eigenvalue weighted by Gasteiger charge is -2.34. The second kappa shape index (κ2) is 5.17. The molecule has 0 atom stereocenters. The van der Waals surface area contributed by atoms with E-state index in [1.165, 1.54) is 0 Å². The summed E-state index contributed by atoms with van der Waals surface area (Å²) in [7, 11) is 0. The molecule has 1 aliphatic rings. The highest BCUT2D eigenvalue weighted by molar-refractivity contribution is 5.92. The van der Waals surface area contributed by atoms with Crippen molar-refractivity contribution in [1.82, 2.24) is 9.80 Å². The van der Waals surface area contributed by atoms with Crippen LogP contribution in [0.3, 0.4) is 0 Å². The van der Waals surface area contributed by atoms with Crippen molar-refractivity contribution in [2.75, 3.05) is 26.2 Å². The Morgan fingerprint density at radius 3 is 2.29 bits per heavy atom. The summed E-state index contributed by atoms with van der Waals surface area (Å²) in [4.78, 5) is 26.5. The van der Waals surface area contributed by atoms with Crippen molar-refractivity contribution >= 4 is 11.8 Å². The molecule has 0 N–H and O–H groups in total. The quantitative estimate of drug-likeness (QED) is 0.720. The van der Waals surface area contributed by atoms with E-state index in [0.717, 1.165) is 0 Å². The number of amides is 2. The van der Waals surface area contributed by atoms with Crippen molar-refractivity contribution in [3.8, 4) is 6.07 Å². The lowest BCUT2D eigenvalue weighted by atomic mass is 9.91. The molecule has 0 aromatic carbocycles. The second-order valence-corrected chi connectivity index (χ2v) is 4.97. The first-order valence-electron chi connectivity index (χ1n) is 5.86. The monoisotopic (exact) mass is 237 g/mol. The zero-order chi connectivity index (χ0) is 13.1. The van der Waals surface area contributed by atoms with Gasteiger partial charge in [-0.3, -0.25) is 9.59 Å². The van der Waals surface area contributed by atoms with E-state index in [1.807, 2.05) is 20.8 Å². The van der Waals surface area contributed by atoms with Crippen LogP contribution in [-0.2, 0) is 9.59 Å². The summed E-state index contributed by atoms with van der Waals surface area (Å²) in [6, 6.07) is 2.19. The number of carbonyl (C=O) groups excluding carboxylic acids is 2. The highest BCUT2D eigenvalue weighted by Gasteiger charge is 2.29. The molecule has 0 bridgehead atoms. The number of likely N-dealkylation sites (N-methyl/N-ethyl adjacent to an activating group) is 1. The van der Waals surface area contributed by atoms with E-state index in [9.17, 15) is 9.59 Å². The van der Waals surface area contributed by atoms with Crippen molar-refractivity contribution in [2.24, 2.45) is 5.41 Å². The van der Waals surface area contributed by atoms with E-state index in [4.69, 9.17) is 5.26 Å². The van der Waals surface area contributed by atoms with E-state index in [-0.39, 0.29) is 24.9 Å². The summed E-state index contributed by atoms with van der Waals surface area (Å²) in [5.74, 6) is -0.0398. The van der Waals surface area contributed by atoms with E-state index >= 15 is 0 Å². The molecule has 0 aromatic rings. The van der Waals surface area contributed by atoms with E-state index < -0.39 is 5.41 Å². The van der Waals surface area contributed by atoms with Gasteiger partial charge in [0.1, 0.15) is 0 Å². The van der Waals surface area contributed by atoms with Crippen molar-refractivity contribution in [1.29, 1.82) is 5.26 Å². The van der Waals surface area contributed by atoms with Gasteiger partial charge in [-0.25, -0.2) is 0 Å². The molecule has 0 aliphatic carbocycles. The normalized spacial score (nSPS) is 17.3. The van der Waals surface area contributed by atoms with Crippen molar-refractivity contribution in [3.05, 3.63) is 0 Å². The number of hydrogen-bond acceptors (Lipinski definition) is 3. The zero-order valence-electron chi connectivity index (χ0n) is 10.7. The molecule has 1 aliphatic heterocycles. The standard InChI is InChI=1S/C12H19N3O2/c1-4-14-7-11(17)15(8-10(14)16)6-5-12(2,3)9-13/h4-8H2,1-3H3. The minimum atomic E-state index is -0.453. The maximum atomic E-state index is 11.8. The number of carbonyl (C=O) groups is 2. The average molecular weight is 237 g/mol. The summed E-state index contributed by atoms with van der Waals surface area (Å²) in [5.41, 5.74) is -0.453. The topological polar surface area (TPSA) is 64.4 Å². The van der Waals surface area contributed by atoms with Crippen LogP contribution in [0.5, 0.6) is 0 Å². The Kier molecular flexibility index (Phi) is 4.11. The number of hydrogen-bond donors (Lipinski definition) is 0. The maximum absolute atomic E-state index is 11.8. The van der Waals surface area contributed by atoms with Crippen LogP contribution in [0.2, 0.25) is 0 Å². The molecule has 1 heterocycles. The molecule has 0 unspecified atom stereocenters. The van der Waals surface area contributed by atoms with Crippen LogP contribution in [0.4, 0.5) is 0 Å². The average Bonchev–Trinajstić information content (AvgIpc) is 2.29. The molecule has 94 valence electrons. The smallest absolute Gasteiger partial charge is 0.242 e. The fourth-order valence-electron chi connectivity index (χ4n) is 1.67. The van der Waals surface area contributed by atoms with Gasteiger partial charge in [0.2, 0.25) is 11.8 Å². The van der Waals surface area contributed by atoms with Gasteiger partial charge in [-0.05, 0) is 27.2 Å². The van der Waals surface area contributed by atoms with E-state index in [2.05, 4.69) is 6.07 Å². The molecule has 0 aromatic heterocycles. The lowest BCUT2D eigenvalue weighted by molar-refractivity contribution is -0.150. The molecular weight excluding hydrogens is 218 g/mol. The fourth-order valence-corrected chi connectivity index (χ4v) is 1.67. The highest BCUT2D eigenvalue weighted by Crippen LogP contribution is 2.19. The van der Waals surface area contributed by atoms with E-state index in [1.54, 1.807) is 9.80 Å². The Balaban J connectivity index is 2.54. The Bertz CT molecular complexity index is 357. The van der Waals surface area contributed by atoms with Crippen molar-refractivity contribution in [3.63, 3.8) is 0 Å². The third-order valence-electron chi connectivity index (χ3n) is 3.05. The van der Waals surface area contributed by atoms with Gasteiger partial charge in [-0.15, -0.1) is 0 Å². The van der Waals surface area contributed by atoms with Gasteiger partial charge in [-0.2, -0.15) is 5.26 Å². The van der Waals surface area contributed by atoms with Crippen LogP contribution >= 0.6 is 0 Å². The molecule has 0 spiro atoms. The Hall–Kier alpha value is -1.57. The predicted octanol–water partition coefficient (Wildman–Crippen LogP) is 0.617. The van der Waals surface area contributed by atoms with Gasteiger partial charge in [0.25, 0.3) is 0 Å². The molecule has 0 radical (unpaired) electrons. The first-order chi connectivity index (χ1) is 7.89. The molecule has 0 saturated carbocycles. The minimum absolute atomic E-state index is 0.0122. The third kappa shape index (κ3) is 3.45. The molecule has 1 saturated heterocycles. The Labute approximate surface area is 102 Å². The predicted molar refractivity (Wildman–Crippen MR) is 62.8 cm³/mol. The highest BCUT2D eigenvalue weighted by atomic mass is 16.2. The molecule has 1 fully saturated rings. The molecule has 17 heavy (non-hydrogen) atoms. The summed E-state index contributed by atoms with van der Waals surface area (Å²) in [6.45, 7) is 6.89. The summed E-state index contributed by atoms with van der Waals surface area (Å²) >= 11 is 0. The van der Waals surface area contributed by atoms with Gasteiger partial charge in [-0.1, -0.05) is 0 Å². The second-order valence-electron chi connectivity index (χ2n) is 4.97. The molecule has 1 rings (SSSR count). The zero-order valence-corrected chi connectivity index (χ0v) is 10.7.